The number of thiophene rings is 1. The molecule has 0 N–H and O–H groups in total. The van der Waals surface area contributed by atoms with Gasteiger partial charge in [0.1, 0.15) is 0 Å². The first-order valence-electron chi connectivity index (χ1n) is 23.9. The van der Waals surface area contributed by atoms with Crippen molar-refractivity contribution in [2.45, 2.75) is 168 Å². The first kappa shape index (κ1) is 39.3. The van der Waals surface area contributed by atoms with Gasteiger partial charge in [-0.3, -0.25) is 0 Å². The van der Waals surface area contributed by atoms with Crippen LogP contribution in [-0.2, 0) is 32.5 Å². The highest BCUT2D eigenvalue weighted by atomic mass is 32.1. The van der Waals surface area contributed by atoms with Crippen molar-refractivity contribution in [1.29, 1.82) is 0 Å². The van der Waals surface area contributed by atoms with Gasteiger partial charge in [0.05, 0.1) is 11.4 Å². The van der Waals surface area contributed by atoms with Crippen LogP contribution in [0.4, 0.5) is 34.1 Å². The number of para-hydroxylation sites is 1. The van der Waals surface area contributed by atoms with Gasteiger partial charge in [0.15, 0.2) is 0 Å². The summed E-state index contributed by atoms with van der Waals surface area (Å²) in [5.41, 5.74) is 26.7. The zero-order valence-corrected chi connectivity index (χ0v) is 40.8. The number of fused-ring (bicyclic) bond motifs is 11. The molecule has 0 atom stereocenters. The molecular weight excluding hydrogens is 768 g/mol. The molecule has 1 aromatic heterocycles. The molecule has 316 valence electrons. The molecule has 0 saturated heterocycles. The Morgan fingerprint density at radius 2 is 1.08 bits per heavy atom. The summed E-state index contributed by atoms with van der Waals surface area (Å²) in [5, 5.41) is 1.49. The number of aryl methyl sites for hydroxylation is 2. The first-order valence-corrected chi connectivity index (χ1v) is 24.7. The number of benzene rings is 5. The fraction of sp³-hybridized carbons (Fsp3) is 0.448. The quantitative estimate of drug-likeness (QED) is 0.152. The Balaban J connectivity index is 1.24. The minimum atomic E-state index is 0.0801. The van der Waals surface area contributed by atoms with Crippen LogP contribution in [0.25, 0.3) is 21.2 Å². The predicted octanol–water partition coefficient (Wildman–Crippen LogP) is 14.6. The van der Waals surface area contributed by atoms with Crippen molar-refractivity contribution in [3.8, 4) is 11.1 Å². The van der Waals surface area contributed by atoms with Crippen LogP contribution in [-0.4, -0.2) is 6.71 Å². The van der Waals surface area contributed by atoms with Crippen molar-refractivity contribution >= 4 is 78.0 Å². The van der Waals surface area contributed by atoms with Gasteiger partial charge in [-0.1, -0.05) is 113 Å². The smallest absolute Gasteiger partial charge is 0.264 e. The second-order valence-electron chi connectivity index (χ2n) is 24.6. The molecule has 5 aromatic carbocycles. The SMILES string of the molecule is Cc1cc2c3c(c1)N1c4c(C)cccc4-c4c5c(cc6sc(c1c46)B3c1cc3c(cc1N2c1ccc2c(c1)C(C)(C)CCC2(C)C)C(C)(C)CCC3(C)C)C(C)(C)CCC5(C)C. The summed E-state index contributed by atoms with van der Waals surface area (Å²) in [7, 11) is 0. The van der Waals surface area contributed by atoms with Crippen LogP contribution in [0.1, 0.15) is 166 Å². The van der Waals surface area contributed by atoms with E-state index in [1.165, 1.54) is 137 Å². The van der Waals surface area contributed by atoms with Crippen LogP contribution in [0.5, 0.6) is 0 Å². The molecule has 0 unspecified atom stereocenters. The van der Waals surface area contributed by atoms with Crippen LogP contribution >= 0.6 is 11.3 Å². The molecule has 4 heterocycles. The molecule has 0 radical (unpaired) electrons. The molecule has 12 rings (SSSR count). The van der Waals surface area contributed by atoms with Gasteiger partial charge in [-0.2, -0.15) is 0 Å². The van der Waals surface area contributed by atoms with Crippen molar-refractivity contribution in [1.82, 2.24) is 0 Å². The van der Waals surface area contributed by atoms with E-state index < -0.39 is 0 Å². The van der Waals surface area contributed by atoms with Gasteiger partial charge in [0.2, 0.25) is 0 Å². The van der Waals surface area contributed by atoms with Gasteiger partial charge in [0, 0.05) is 43.2 Å². The van der Waals surface area contributed by atoms with Gasteiger partial charge in [-0.05, 0) is 182 Å². The molecule has 6 aromatic rings. The summed E-state index contributed by atoms with van der Waals surface area (Å²) in [6.45, 7) is 34.8. The van der Waals surface area contributed by atoms with E-state index in [0.717, 1.165) is 0 Å². The van der Waals surface area contributed by atoms with E-state index in [4.69, 9.17) is 0 Å². The number of rotatable bonds is 1. The van der Waals surface area contributed by atoms with Crippen LogP contribution < -0.4 is 25.5 Å². The fourth-order valence-corrected chi connectivity index (χ4v) is 15.0. The highest BCUT2D eigenvalue weighted by Crippen LogP contribution is 2.62. The Labute approximate surface area is 376 Å². The third-order valence-corrected chi connectivity index (χ3v) is 18.9. The maximum atomic E-state index is 2.76. The molecule has 2 nitrogen and oxygen atoms in total. The fourth-order valence-electron chi connectivity index (χ4n) is 13.6. The van der Waals surface area contributed by atoms with E-state index in [2.05, 4.69) is 185 Å². The maximum Gasteiger partial charge on any atom is 0.264 e. The molecule has 3 aliphatic carbocycles. The van der Waals surface area contributed by atoms with Crippen LogP contribution in [0.2, 0.25) is 0 Å². The standard InChI is InChI=1S/C58H65BN2S/c1-32-26-43-49-44(27-32)61-50-33(2)16-15-17-35(50)46-47-45(31-40-48(46)58(13,14)25-24-57(40,11)12)62-52(51(47)61)59(49)41-29-38-39(56(9,10)23-22-55(38,7)8)30-42(41)60(43)34-18-19-36-37(28-34)54(5,6)21-20-53(36,3)4/h15-19,26-31H,20-25H2,1-14H3. The average Bonchev–Trinajstić information content (AvgIpc) is 3.58. The van der Waals surface area contributed by atoms with E-state index in [9.17, 15) is 0 Å². The lowest BCUT2D eigenvalue weighted by molar-refractivity contribution is 0.332. The Hall–Kier alpha value is -4.28. The molecule has 0 bridgehead atoms. The lowest BCUT2D eigenvalue weighted by Crippen LogP contribution is -2.61. The third kappa shape index (κ3) is 4.94. The zero-order valence-electron chi connectivity index (χ0n) is 40.0. The molecule has 62 heavy (non-hydrogen) atoms. The predicted molar refractivity (Wildman–Crippen MR) is 270 cm³/mol. The van der Waals surface area contributed by atoms with Crippen molar-refractivity contribution in [2.24, 2.45) is 0 Å². The topological polar surface area (TPSA) is 6.48 Å². The molecule has 0 fully saturated rings. The number of hydrogen-bond acceptors (Lipinski definition) is 3. The molecule has 0 amide bonds. The summed E-state index contributed by atoms with van der Waals surface area (Å²) in [4.78, 5) is 5.48. The second kappa shape index (κ2) is 11.9. The molecule has 0 saturated carbocycles. The summed E-state index contributed by atoms with van der Waals surface area (Å²) in [5.74, 6) is 0. The average molecular weight is 833 g/mol. The number of nitrogens with zero attached hydrogens (tertiary/aromatic N) is 2. The number of anilines is 6. The zero-order chi connectivity index (χ0) is 43.6. The summed E-state index contributed by atoms with van der Waals surface area (Å²) < 4.78 is 2.98. The summed E-state index contributed by atoms with van der Waals surface area (Å²) in [6.07, 6.45) is 7.24. The van der Waals surface area contributed by atoms with Gasteiger partial charge < -0.3 is 9.80 Å². The largest absolute Gasteiger partial charge is 0.311 e. The summed E-state index contributed by atoms with van der Waals surface area (Å²) >= 11 is 2.11. The molecule has 6 aliphatic rings. The van der Waals surface area contributed by atoms with Gasteiger partial charge >= 0.3 is 0 Å². The molecule has 0 spiro atoms. The van der Waals surface area contributed by atoms with E-state index in [1.807, 2.05) is 0 Å². The lowest BCUT2D eigenvalue weighted by Gasteiger charge is -2.48. The van der Waals surface area contributed by atoms with E-state index in [-0.39, 0.29) is 39.2 Å². The van der Waals surface area contributed by atoms with Crippen LogP contribution in [0, 0.1) is 13.8 Å². The Morgan fingerprint density at radius 3 is 1.74 bits per heavy atom. The molecular formula is C58H65BN2S. The van der Waals surface area contributed by atoms with Gasteiger partial charge in [-0.25, -0.2) is 0 Å². The molecule has 3 aliphatic heterocycles. The Morgan fingerprint density at radius 1 is 0.516 bits per heavy atom. The Kier molecular flexibility index (Phi) is 7.54. The third-order valence-electron chi connectivity index (χ3n) is 17.7. The lowest BCUT2D eigenvalue weighted by atomic mass is 9.35. The minimum absolute atomic E-state index is 0.0801. The van der Waals surface area contributed by atoms with E-state index in [1.54, 1.807) is 16.7 Å². The summed E-state index contributed by atoms with van der Waals surface area (Å²) in [6, 6.07) is 27.9. The van der Waals surface area contributed by atoms with E-state index in [0.29, 0.717) is 0 Å². The molecule has 4 heteroatoms. The van der Waals surface area contributed by atoms with Crippen LogP contribution in [0.15, 0.2) is 66.7 Å². The highest BCUT2D eigenvalue weighted by molar-refractivity contribution is 7.34. The number of hydrogen-bond donors (Lipinski definition) is 0. The van der Waals surface area contributed by atoms with Gasteiger partial charge in [0.25, 0.3) is 6.71 Å². The normalized spacial score (nSPS) is 21.7. The van der Waals surface area contributed by atoms with Crippen molar-refractivity contribution in [3.05, 3.63) is 111 Å². The van der Waals surface area contributed by atoms with Gasteiger partial charge in [-0.15, -0.1) is 11.3 Å². The maximum absolute atomic E-state index is 2.76. The Bertz CT molecular complexity index is 3020. The van der Waals surface area contributed by atoms with Crippen molar-refractivity contribution < 1.29 is 0 Å². The highest BCUT2D eigenvalue weighted by Gasteiger charge is 2.51. The van der Waals surface area contributed by atoms with E-state index >= 15 is 0 Å². The van der Waals surface area contributed by atoms with Crippen LogP contribution in [0.3, 0.4) is 0 Å². The minimum Gasteiger partial charge on any atom is -0.311 e. The first-order chi connectivity index (χ1) is 29.0. The van der Waals surface area contributed by atoms with Crippen molar-refractivity contribution in [3.63, 3.8) is 0 Å². The van der Waals surface area contributed by atoms with Crippen molar-refractivity contribution in [2.75, 3.05) is 9.80 Å². The second-order valence-corrected chi connectivity index (χ2v) is 25.7. The monoisotopic (exact) mass is 832 g/mol.